The van der Waals surface area contributed by atoms with Crippen molar-refractivity contribution in [1.82, 2.24) is 28.7 Å². The zero-order chi connectivity index (χ0) is 56.3. The second kappa shape index (κ2) is 22.5. The first-order valence-corrected chi connectivity index (χ1v) is 28.6. The molecule has 4 aromatic heterocycles. The highest BCUT2D eigenvalue weighted by atomic mass is 15.3. The SMILES string of the molecule is C\C=C/C=C\C=C(/C)c1cc(-c2ccccc2)n(-c2ccc(-n3c(-c4ccc(-c5ccccc5)cc4)cc4cc5c(cc(-c6ccc(-c7ccccc7)cc6)n5-c5ccc(-n6nc(-c7ccccc7)cc6-c6ccccc6)cc5)cc43)cc2)n1. The van der Waals surface area contributed by atoms with Crippen molar-refractivity contribution in [3.8, 4) is 101 Å². The van der Waals surface area contributed by atoms with Crippen molar-refractivity contribution in [1.29, 1.82) is 0 Å². The van der Waals surface area contributed by atoms with E-state index >= 15 is 0 Å². The molecule has 0 aliphatic heterocycles. The van der Waals surface area contributed by atoms with Gasteiger partial charge in [0.1, 0.15) is 0 Å². The van der Waals surface area contributed by atoms with E-state index in [0.717, 1.165) is 112 Å². The van der Waals surface area contributed by atoms with Crippen molar-refractivity contribution >= 4 is 27.4 Å². The molecule has 84 heavy (non-hydrogen) atoms. The van der Waals surface area contributed by atoms with Gasteiger partial charge in [-0.15, -0.1) is 0 Å². The average Bonchev–Trinajstić information content (AvgIpc) is 2.63. The Morgan fingerprint density at radius 1 is 0.310 bits per heavy atom. The Hall–Kier alpha value is -11.1. The van der Waals surface area contributed by atoms with Crippen LogP contribution in [-0.2, 0) is 0 Å². The monoisotopic (exact) mass is 1080 g/mol. The average molecular weight is 1080 g/mol. The lowest BCUT2D eigenvalue weighted by molar-refractivity contribution is 0.879. The van der Waals surface area contributed by atoms with Crippen LogP contribution in [0.5, 0.6) is 0 Å². The predicted octanol–water partition coefficient (Wildman–Crippen LogP) is 20.2. The first-order chi connectivity index (χ1) is 41.5. The zero-order valence-corrected chi connectivity index (χ0v) is 46.7. The molecule has 400 valence electrons. The molecule has 0 N–H and O–H groups in total. The molecule has 0 bridgehead atoms. The molecule has 0 amide bonds. The van der Waals surface area contributed by atoms with E-state index in [4.69, 9.17) is 10.2 Å². The second-order valence-corrected chi connectivity index (χ2v) is 21.1. The van der Waals surface area contributed by atoms with Crippen LogP contribution in [0.3, 0.4) is 0 Å². The van der Waals surface area contributed by atoms with Crippen LogP contribution in [-0.4, -0.2) is 28.7 Å². The van der Waals surface area contributed by atoms with Gasteiger partial charge in [-0.3, -0.25) is 0 Å². The fraction of sp³-hybridized carbons (Fsp3) is 0.0256. The standard InChI is InChI=1S/C78H58N6/c1-3-4-5-11-22-55(2)71-53-77(61-29-18-9-19-30-61)83(79-71)69-45-41-67(42-46-69)81-73(63-37-33-58(34-38-63)56-23-12-6-13-24-56)49-65-52-76-66(51-75(65)81)50-74(64-39-35-59(36-40-64)57-25-14-7-15-26-57)82(76)68-43-47-70(48-44-68)84-78(62-31-20-10-21-32-62)54-72(80-84)60-27-16-8-17-28-60/h3-54H,1-2H3/b4-3-,11-5-,55-22+. The minimum absolute atomic E-state index is 0.922. The van der Waals surface area contributed by atoms with Crippen LogP contribution >= 0.6 is 0 Å². The predicted molar refractivity (Wildman–Crippen MR) is 350 cm³/mol. The largest absolute Gasteiger partial charge is 0.309 e. The summed E-state index contributed by atoms with van der Waals surface area (Å²) in [7, 11) is 0. The normalized spacial score (nSPS) is 11.9. The zero-order valence-electron chi connectivity index (χ0n) is 46.7. The molecule has 4 heterocycles. The van der Waals surface area contributed by atoms with Gasteiger partial charge < -0.3 is 9.13 Å². The van der Waals surface area contributed by atoms with Gasteiger partial charge in [0.05, 0.1) is 56.6 Å². The maximum atomic E-state index is 5.24. The number of hydrogen-bond donors (Lipinski definition) is 0. The van der Waals surface area contributed by atoms with E-state index in [9.17, 15) is 0 Å². The highest BCUT2D eigenvalue weighted by Gasteiger charge is 2.21. The number of nitrogens with zero attached hydrogens (tertiary/aromatic N) is 6. The number of allylic oxidation sites excluding steroid dienone is 6. The van der Waals surface area contributed by atoms with Crippen LogP contribution < -0.4 is 0 Å². The Morgan fingerprint density at radius 3 is 1.11 bits per heavy atom. The molecule has 0 radical (unpaired) electrons. The third-order valence-corrected chi connectivity index (χ3v) is 15.8. The summed E-state index contributed by atoms with van der Waals surface area (Å²) < 4.78 is 8.99. The molecule has 6 heteroatoms. The van der Waals surface area contributed by atoms with Crippen LogP contribution in [0.15, 0.2) is 315 Å². The summed E-state index contributed by atoms with van der Waals surface area (Å²) in [5.74, 6) is 0. The van der Waals surface area contributed by atoms with E-state index in [1.165, 1.54) is 22.3 Å². The van der Waals surface area contributed by atoms with Gasteiger partial charge in [-0.2, -0.15) is 10.2 Å². The van der Waals surface area contributed by atoms with Crippen LogP contribution in [0, 0.1) is 0 Å². The van der Waals surface area contributed by atoms with Gasteiger partial charge in [0.15, 0.2) is 0 Å². The molecule has 6 nitrogen and oxygen atoms in total. The van der Waals surface area contributed by atoms with Gasteiger partial charge in [0.2, 0.25) is 0 Å². The molecule has 0 saturated heterocycles. The van der Waals surface area contributed by atoms with Crippen molar-refractivity contribution < 1.29 is 0 Å². The number of hydrogen-bond acceptors (Lipinski definition) is 2. The Balaban J connectivity index is 0.924. The molecule has 0 spiro atoms. The summed E-state index contributed by atoms with van der Waals surface area (Å²) in [4.78, 5) is 0. The molecular weight excluding hydrogens is 1020 g/mol. The highest BCUT2D eigenvalue weighted by Crippen LogP contribution is 2.40. The molecule has 0 unspecified atom stereocenters. The Kier molecular flexibility index (Phi) is 13.7. The third kappa shape index (κ3) is 9.92. The number of benzene rings is 10. The maximum absolute atomic E-state index is 5.24. The molecular formula is C78H58N6. The molecule has 0 saturated carbocycles. The maximum Gasteiger partial charge on any atom is 0.0934 e. The molecule has 14 aromatic rings. The lowest BCUT2D eigenvalue weighted by Crippen LogP contribution is -2.02. The highest BCUT2D eigenvalue weighted by molar-refractivity contribution is 6.02. The minimum atomic E-state index is 0.922. The van der Waals surface area contributed by atoms with E-state index in [0.29, 0.717) is 0 Å². The molecule has 10 aromatic carbocycles. The van der Waals surface area contributed by atoms with Crippen LogP contribution in [0.4, 0.5) is 0 Å². The van der Waals surface area contributed by atoms with Gasteiger partial charge >= 0.3 is 0 Å². The lowest BCUT2D eigenvalue weighted by Gasteiger charge is -2.15. The molecule has 0 aliphatic rings. The Labute approximate surface area is 489 Å². The quantitative estimate of drug-likeness (QED) is 0.102. The van der Waals surface area contributed by atoms with E-state index in [-0.39, 0.29) is 0 Å². The summed E-state index contributed by atoms with van der Waals surface area (Å²) in [6.07, 6.45) is 10.3. The second-order valence-electron chi connectivity index (χ2n) is 21.1. The van der Waals surface area contributed by atoms with Crippen molar-refractivity contribution in [2.75, 3.05) is 0 Å². The molecule has 0 fully saturated rings. The van der Waals surface area contributed by atoms with Gasteiger partial charge in [0.25, 0.3) is 0 Å². The molecule has 0 atom stereocenters. The van der Waals surface area contributed by atoms with Gasteiger partial charge in [0, 0.05) is 38.8 Å². The summed E-state index contributed by atoms with van der Waals surface area (Å²) >= 11 is 0. The van der Waals surface area contributed by atoms with Crippen molar-refractivity contribution in [3.05, 3.63) is 321 Å². The van der Waals surface area contributed by atoms with Gasteiger partial charge in [-0.25, -0.2) is 9.36 Å². The number of fused-ring (bicyclic) bond motifs is 2. The van der Waals surface area contributed by atoms with E-state index < -0.39 is 0 Å². The smallest absolute Gasteiger partial charge is 0.0934 e. The van der Waals surface area contributed by atoms with E-state index in [2.05, 4.69) is 317 Å². The van der Waals surface area contributed by atoms with E-state index in [1.54, 1.807) is 0 Å². The van der Waals surface area contributed by atoms with Crippen molar-refractivity contribution in [2.45, 2.75) is 13.8 Å². The topological polar surface area (TPSA) is 45.5 Å². The van der Waals surface area contributed by atoms with Crippen LogP contribution in [0.25, 0.3) is 129 Å². The summed E-state index contributed by atoms with van der Waals surface area (Å²) in [6, 6.07) is 102. The third-order valence-electron chi connectivity index (χ3n) is 15.8. The van der Waals surface area contributed by atoms with Gasteiger partial charge in [-0.1, -0.05) is 231 Å². The Bertz CT molecular complexity index is 4700. The van der Waals surface area contributed by atoms with E-state index in [1.807, 2.05) is 31.2 Å². The fourth-order valence-corrected chi connectivity index (χ4v) is 11.5. The number of aromatic nitrogens is 6. The first-order valence-electron chi connectivity index (χ1n) is 28.6. The van der Waals surface area contributed by atoms with Crippen molar-refractivity contribution in [3.63, 3.8) is 0 Å². The summed E-state index contributed by atoms with van der Waals surface area (Å²) in [5.41, 5.74) is 23.7. The Morgan fingerprint density at radius 2 is 0.667 bits per heavy atom. The first kappa shape index (κ1) is 51.1. The minimum Gasteiger partial charge on any atom is -0.309 e. The van der Waals surface area contributed by atoms with Crippen molar-refractivity contribution in [2.24, 2.45) is 0 Å². The molecule has 14 rings (SSSR count). The van der Waals surface area contributed by atoms with Gasteiger partial charge in [-0.05, 0) is 138 Å². The number of rotatable bonds is 14. The summed E-state index contributed by atoms with van der Waals surface area (Å²) in [5, 5.41) is 12.7. The van der Waals surface area contributed by atoms with Crippen LogP contribution in [0.1, 0.15) is 19.5 Å². The molecule has 0 aliphatic carbocycles. The van der Waals surface area contributed by atoms with Crippen LogP contribution in [0.2, 0.25) is 0 Å². The fourth-order valence-electron chi connectivity index (χ4n) is 11.5. The lowest BCUT2D eigenvalue weighted by atomic mass is 10.0. The summed E-state index contributed by atoms with van der Waals surface area (Å²) in [6.45, 7) is 4.14.